The van der Waals surface area contributed by atoms with E-state index in [1.54, 1.807) is 31.2 Å². The number of benzene rings is 2. The van der Waals surface area contributed by atoms with Crippen LogP contribution < -0.4 is 10.6 Å². The van der Waals surface area contributed by atoms with Crippen molar-refractivity contribution in [3.63, 3.8) is 0 Å². The van der Waals surface area contributed by atoms with Gasteiger partial charge in [-0.15, -0.1) is 0 Å². The molecule has 6 heteroatoms. The van der Waals surface area contributed by atoms with Gasteiger partial charge in [-0.2, -0.15) is 0 Å². The molecular weight excluding hydrogens is 308 g/mol. The first-order valence-corrected chi connectivity index (χ1v) is 7.50. The van der Waals surface area contributed by atoms with Crippen molar-refractivity contribution in [3.05, 3.63) is 60.2 Å². The topological polar surface area (TPSA) is 84.5 Å². The van der Waals surface area contributed by atoms with Gasteiger partial charge in [0.15, 0.2) is 6.61 Å². The summed E-state index contributed by atoms with van der Waals surface area (Å²) < 4.78 is 4.88. The number of amides is 3. The quantitative estimate of drug-likeness (QED) is 0.826. The Morgan fingerprint density at radius 2 is 1.54 bits per heavy atom. The zero-order valence-electron chi connectivity index (χ0n) is 13.2. The van der Waals surface area contributed by atoms with Gasteiger partial charge in [-0.3, -0.25) is 10.1 Å². The molecule has 0 aliphatic carbocycles. The Hall–Kier alpha value is -3.15. The lowest BCUT2D eigenvalue weighted by Gasteiger charge is -2.07. The summed E-state index contributed by atoms with van der Waals surface area (Å²) in [5.41, 5.74) is 2.35. The number of hydrogen-bond donors (Lipinski definition) is 2. The van der Waals surface area contributed by atoms with Crippen molar-refractivity contribution in [2.75, 3.05) is 13.2 Å². The fourth-order valence-corrected chi connectivity index (χ4v) is 2.01. The normalized spacial score (nSPS) is 9.88. The van der Waals surface area contributed by atoms with Gasteiger partial charge >= 0.3 is 12.0 Å². The summed E-state index contributed by atoms with van der Waals surface area (Å²) in [5.74, 6) is -1.31. The predicted octanol–water partition coefficient (Wildman–Crippen LogP) is 2.36. The molecule has 0 aliphatic heterocycles. The molecule has 2 aromatic carbocycles. The molecule has 2 N–H and O–H groups in total. The van der Waals surface area contributed by atoms with Crippen LogP contribution in [-0.4, -0.2) is 31.1 Å². The van der Waals surface area contributed by atoms with E-state index in [0.29, 0.717) is 12.1 Å². The summed E-state index contributed by atoms with van der Waals surface area (Å²) in [6, 6.07) is 16.0. The highest BCUT2D eigenvalue weighted by Gasteiger charge is 2.12. The van der Waals surface area contributed by atoms with E-state index in [1.165, 1.54) is 0 Å². The van der Waals surface area contributed by atoms with Crippen LogP contribution in [0.25, 0.3) is 11.1 Å². The maximum atomic E-state index is 11.9. The van der Waals surface area contributed by atoms with Crippen LogP contribution in [-0.2, 0) is 9.53 Å². The Balaban J connectivity index is 1.89. The standard InChI is InChI=1S/C18H18N2O4/c1-2-19-18(23)20-16(21)12-24-17(22)15-10-8-14(9-11-15)13-6-4-3-5-7-13/h3-11H,2,12H2,1H3,(H2,19,20,21,23). The Labute approximate surface area is 139 Å². The average molecular weight is 326 g/mol. The fraction of sp³-hybridized carbons (Fsp3) is 0.167. The highest BCUT2D eigenvalue weighted by molar-refractivity contribution is 5.97. The van der Waals surface area contributed by atoms with Gasteiger partial charge in [-0.1, -0.05) is 42.5 Å². The van der Waals surface area contributed by atoms with Gasteiger partial charge in [0.25, 0.3) is 5.91 Å². The second kappa shape index (κ2) is 8.47. The van der Waals surface area contributed by atoms with Gasteiger partial charge in [0.1, 0.15) is 0 Å². The van der Waals surface area contributed by atoms with Gasteiger partial charge in [-0.25, -0.2) is 9.59 Å². The van der Waals surface area contributed by atoms with Crippen LogP contribution in [0.3, 0.4) is 0 Å². The molecule has 6 nitrogen and oxygen atoms in total. The predicted molar refractivity (Wildman–Crippen MR) is 89.4 cm³/mol. The average Bonchev–Trinajstić information content (AvgIpc) is 2.61. The maximum Gasteiger partial charge on any atom is 0.338 e. The number of carbonyl (C=O) groups is 3. The van der Waals surface area contributed by atoms with Gasteiger partial charge < -0.3 is 10.1 Å². The summed E-state index contributed by atoms with van der Waals surface area (Å²) in [6.45, 7) is 1.60. The molecule has 0 aromatic heterocycles. The van der Waals surface area contributed by atoms with Crippen LogP contribution in [0.5, 0.6) is 0 Å². The largest absolute Gasteiger partial charge is 0.452 e. The van der Waals surface area contributed by atoms with E-state index in [-0.39, 0.29) is 0 Å². The number of urea groups is 1. The molecule has 0 fully saturated rings. The first-order valence-electron chi connectivity index (χ1n) is 7.50. The van der Waals surface area contributed by atoms with E-state index in [9.17, 15) is 14.4 Å². The van der Waals surface area contributed by atoms with Crippen molar-refractivity contribution in [2.45, 2.75) is 6.92 Å². The highest BCUT2D eigenvalue weighted by atomic mass is 16.5. The van der Waals surface area contributed by atoms with E-state index in [2.05, 4.69) is 10.6 Å². The summed E-state index contributed by atoms with van der Waals surface area (Å²) in [5, 5.41) is 4.46. The fourth-order valence-electron chi connectivity index (χ4n) is 2.01. The molecule has 2 aromatic rings. The number of carbonyl (C=O) groups excluding carboxylic acids is 3. The second-order valence-corrected chi connectivity index (χ2v) is 4.93. The molecule has 0 aliphatic rings. The number of hydrogen-bond acceptors (Lipinski definition) is 4. The number of ether oxygens (including phenoxy) is 1. The maximum absolute atomic E-state index is 11.9. The van der Waals surface area contributed by atoms with Gasteiger partial charge in [0.2, 0.25) is 0 Å². The van der Waals surface area contributed by atoms with E-state index in [0.717, 1.165) is 11.1 Å². The molecule has 0 saturated carbocycles. The molecule has 0 spiro atoms. The minimum atomic E-state index is -0.685. The zero-order chi connectivity index (χ0) is 17.4. The van der Waals surface area contributed by atoms with Crippen molar-refractivity contribution >= 4 is 17.9 Å². The Morgan fingerprint density at radius 1 is 0.917 bits per heavy atom. The molecule has 24 heavy (non-hydrogen) atoms. The van der Waals surface area contributed by atoms with Crippen LogP contribution in [0, 0.1) is 0 Å². The molecule has 124 valence electrons. The van der Waals surface area contributed by atoms with Gasteiger partial charge in [-0.05, 0) is 30.2 Å². The van der Waals surface area contributed by atoms with Crippen LogP contribution in [0.15, 0.2) is 54.6 Å². The minimum absolute atomic E-state index is 0.334. The van der Waals surface area contributed by atoms with Crippen molar-refractivity contribution in [2.24, 2.45) is 0 Å². The first-order chi connectivity index (χ1) is 11.6. The minimum Gasteiger partial charge on any atom is -0.452 e. The summed E-state index contributed by atoms with van der Waals surface area (Å²) in [7, 11) is 0. The second-order valence-electron chi connectivity index (χ2n) is 4.93. The van der Waals surface area contributed by atoms with Crippen molar-refractivity contribution in [1.82, 2.24) is 10.6 Å². The van der Waals surface area contributed by atoms with Gasteiger partial charge in [0.05, 0.1) is 5.56 Å². The molecule has 0 atom stereocenters. The Bertz CT molecular complexity index is 712. The van der Waals surface area contributed by atoms with Crippen LogP contribution >= 0.6 is 0 Å². The van der Waals surface area contributed by atoms with Crippen molar-refractivity contribution < 1.29 is 19.1 Å². The SMILES string of the molecule is CCNC(=O)NC(=O)COC(=O)c1ccc(-c2ccccc2)cc1. The summed E-state index contributed by atoms with van der Waals surface area (Å²) in [6.07, 6.45) is 0. The van der Waals surface area contributed by atoms with E-state index >= 15 is 0 Å². The third-order valence-corrected chi connectivity index (χ3v) is 3.15. The van der Waals surface area contributed by atoms with E-state index in [1.807, 2.05) is 30.3 Å². The monoisotopic (exact) mass is 326 g/mol. The third-order valence-electron chi connectivity index (χ3n) is 3.15. The lowest BCUT2D eigenvalue weighted by Crippen LogP contribution is -2.41. The molecule has 0 saturated heterocycles. The first kappa shape index (κ1) is 17.2. The molecule has 0 bridgehead atoms. The molecule has 0 heterocycles. The van der Waals surface area contributed by atoms with Crippen molar-refractivity contribution in [1.29, 1.82) is 0 Å². The molecule has 0 unspecified atom stereocenters. The van der Waals surface area contributed by atoms with Crippen molar-refractivity contribution in [3.8, 4) is 11.1 Å². The third kappa shape index (κ3) is 4.95. The molecule has 0 radical (unpaired) electrons. The summed E-state index contributed by atoms with van der Waals surface area (Å²) in [4.78, 5) is 34.5. The number of esters is 1. The lowest BCUT2D eigenvalue weighted by atomic mass is 10.0. The lowest BCUT2D eigenvalue weighted by molar-refractivity contribution is -0.123. The van der Waals surface area contributed by atoms with E-state index < -0.39 is 24.5 Å². The zero-order valence-corrected chi connectivity index (χ0v) is 13.2. The van der Waals surface area contributed by atoms with Crippen LogP contribution in [0.2, 0.25) is 0 Å². The Morgan fingerprint density at radius 3 is 2.17 bits per heavy atom. The molecule has 3 amide bonds. The highest BCUT2D eigenvalue weighted by Crippen LogP contribution is 2.19. The number of rotatable bonds is 5. The molecule has 2 rings (SSSR count). The van der Waals surface area contributed by atoms with Crippen LogP contribution in [0.4, 0.5) is 4.79 Å². The summed E-state index contributed by atoms with van der Waals surface area (Å²) >= 11 is 0. The van der Waals surface area contributed by atoms with Crippen LogP contribution in [0.1, 0.15) is 17.3 Å². The number of imide groups is 1. The van der Waals surface area contributed by atoms with Gasteiger partial charge in [0, 0.05) is 6.54 Å². The molecular formula is C18H18N2O4. The number of nitrogens with one attached hydrogen (secondary N) is 2. The smallest absolute Gasteiger partial charge is 0.338 e. The Kier molecular flexibility index (Phi) is 6.08. The van der Waals surface area contributed by atoms with E-state index in [4.69, 9.17) is 4.74 Å².